The number of nitrogens with zero attached hydrogens (tertiary/aromatic N) is 1. The van der Waals surface area contributed by atoms with Gasteiger partial charge in [0.1, 0.15) is 23.7 Å². The molecule has 2 rings (SSSR count). The Kier molecular flexibility index (Phi) is 11.9. The lowest BCUT2D eigenvalue weighted by Gasteiger charge is -2.24. The molecule has 0 saturated carbocycles. The van der Waals surface area contributed by atoms with E-state index in [0.29, 0.717) is 19.4 Å². The monoisotopic (exact) mass is 546 g/mol. The van der Waals surface area contributed by atoms with E-state index < -0.39 is 35.5 Å². The van der Waals surface area contributed by atoms with Gasteiger partial charge in [-0.1, -0.05) is 18.9 Å². The van der Waals surface area contributed by atoms with Crippen LogP contribution in [0.25, 0.3) is 0 Å². The van der Waals surface area contributed by atoms with Crippen molar-refractivity contribution in [3.8, 4) is 5.75 Å². The predicted molar refractivity (Wildman–Crippen MR) is 141 cm³/mol. The summed E-state index contributed by atoms with van der Waals surface area (Å²) in [5.74, 6) is -2.26. The number of ether oxygens (including phenoxy) is 2. The normalized spacial score (nSPS) is 13.4. The zero-order valence-corrected chi connectivity index (χ0v) is 23.0. The summed E-state index contributed by atoms with van der Waals surface area (Å²) < 4.78 is 10.7. The summed E-state index contributed by atoms with van der Waals surface area (Å²) in [6.45, 7) is 5.99. The van der Waals surface area contributed by atoms with Crippen LogP contribution in [0.2, 0.25) is 0 Å². The van der Waals surface area contributed by atoms with Crippen LogP contribution in [0, 0.1) is 0 Å². The van der Waals surface area contributed by atoms with Crippen LogP contribution >= 0.6 is 0 Å². The van der Waals surface area contributed by atoms with Crippen LogP contribution in [0.15, 0.2) is 18.2 Å². The summed E-state index contributed by atoms with van der Waals surface area (Å²) in [5.41, 5.74) is -0.484. The summed E-state index contributed by atoms with van der Waals surface area (Å²) in [5, 5.41) is 7.86. The minimum atomic E-state index is -1.14. The van der Waals surface area contributed by atoms with Crippen molar-refractivity contribution in [1.29, 1.82) is 0 Å². The molecule has 0 aliphatic carbocycles. The van der Waals surface area contributed by atoms with Crippen molar-refractivity contribution in [2.24, 2.45) is 0 Å². The van der Waals surface area contributed by atoms with E-state index in [-0.39, 0.29) is 42.2 Å². The first-order chi connectivity index (χ1) is 18.5. The fourth-order valence-corrected chi connectivity index (χ4v) is 3.98. The van der Waals surface area contributed by atoms with Crippen LogP contribution < -0.4 is 20.7 Å². The van der Waals surface area contributed by atoms with E-state index in [1.165, 1.54) is 25.2 Å². The van der Waals surface area contributed by atoms with Gasteiger partial charge in [0, 0.05) is 26.6 Å². The number of carbonyl (C=O) groups is 6. The topological polar surface area (TPSA) is 160 Å². The lowest BCUT2D eigenvalue weighted by Crippen LogP contribution is -2.48. The Morgan fingerprint density at radius 1 is 1.00 bits per heavy atom. The minimum Gasteiger partial charge on any atom is -0.483 e. The zero-order chi connectivity index (χ0) is 29.0. The zero-order valence-electron chi connectivity index (χ0n) is 23.0. The highest BCUT2D eigenvalue weighted by Crippen LogP contribution is 2.33. The number of aldehydes is 1. The van der Waals surface area contributed by atoms with Crippen LogP contribution in [0.5, 0.6) is 5.75 Å². The molecule has 12 heteroatoms. The molecule has 0 saturated heterocycles. The summed E-state index contributed by atoms with van der Waals surface area (Å²) in [4.78, 5) is 74.0. The number of carbonyl (C=O) groups excluding carboxylic acids is 6. The number of amides is 5. The molecule has 1 atom stereocenters. The summed E-state index contributed by atoms with van der Waals surface area (Å²) >= 11 is 0. The second kappa shape index (κ2) is 14.8. The van der Waals surface area contributed by atoms with E-state index in [1.807, 2.05) is 0 Å². The van der Waals surface area contributed by atoms with Crippen molar-refractivity contribution in [3.05, 3.63) is 29.3 Å². The van der Waals surface area contributed by atoms with Gasteiger partial charge in [0.2, 0.25) is 5.91 Å². The second-order valence-corrected chi connectivity index (χ2v) is 10.0. The number of unbranched alkanes of at least 4 members (excludes halogenated alkanes) is 3. The van der Waals surface area contributed by atoms with Gasteiger partial charge in [0.15, 0.2) is 6.61 Å². The quantitative estimate of drug-likeness (QED) is 0.171. The van der Waals surface area contributed by atoms with Crippen molar-refractivity contribution in [1.82, 2.24) is 20.9 Å². The molecular formula is C27H38N4O8. The maximum absolute atomic E-state index is 13.1. The lowest BCUT2D eigenvalue weighted by atomic mass is 10.1. The maximum Gasteiger partial charge on any atom is 0.407 e. The summed E-state index contributed by atoms with van der Waals surface area (Å²) in [6.07, 6.45) is 3.41. The molecule has 39 heavy (non-hydrogen) atoms. The van der Waals surface area contributed by atoms with E-state index >= 15 is 0 Å². The molecule has 12 nitrogen and oxygen atoms in total. The minimum absolute atomic E-state index is 0.00199. The number of hydrogen-bond acceptors (Lipinski definition) is 8. The first-order valence-corrected chi connectivity index (χ1v) is 13.0. The Hall–Kier alpha value is -3.96. The van der Waals surface area contributed by atoms with E-state index in [2.05, 4.69) is 16.0 Å². The fraction of sp³-hybridized carbons (Fsp3) is 0.556. The molecule has 0 aromatic heterocycles. The third-order valence-electron chi connectivity index (χ3n) is 5.78. The van der Waals surface area contributed by atoms with Gasteiger partial charge < -0.3 is 30.2 Å². The number of likely N-dealkylation sites (N-methyl/N-ethyl adjacent to an activating group) is 1. The van der Waals surface area contributed by atoms with Gasteiger partial charge in [-0.15, -0.1) is 0 Å². The van der Waals surface area contributed by atoms with Gasteiger partial charge in [-0.05, 0) is 52.2 Å². The van der Waals surface area contributed by atoms with E-state index in [9.17, 15) is 28.8 Å². The highest BCUT2D eigenvalue weighted by molar-refractivity contribution is 6.24. The fourth-order valence-electron chi connectivity index (χ4n) is 3.98. The van der Waals surface area contributed by atoms with Crippen molar-refractivity contribution in [2.75, 3.05) is 26.7 Å². The highest BCUT2D eigenvalue weighted by atomic mass is 16.6. The van der Waals surface area contributed by atoms with Crippen LogP contribution in [0.4, 0.5) is 4.79 Å². The van der Waals surface area contributed by atoms with E-state index in [4.69, 9.17) is 9.47 Å². The van der Waals surface area contributed by atoms with Gasteiger partial charge >= 0.3 is 6.09 Å². The molecule has 0 radical (unpaired) electrons. The molecule has 0 spiro atoms. The van der Waals surface area contributed by atoms with Crippen LogP contribution in [-0.4, -0.2) is 79.3 Å². The SMILES string of the molecule is CNC(=O)C(CCC=O)N1C(=O)c2cccc(OCC(=O)NCCCCCCNC(=O)OC(C)(C)C)c2C1=O. The third-order valence-corrected chi connectivity index (χ3v) is 5.78. The maximum atomic E-state index is 13.1. The predicted octanol–water partition coefficient (Wildman–Crippen LogP) is 1.96. The standard InChI is InChI=1S/C27H38N4O8/c1-27(2,3)39-26(37)30-15-8-6-5-7-14-29-21(33)17-38-20-13-9-11-18-22(20)25(36)31(24(18)35)19(12-10-16-32)23(34)28-4/h9,11,13,16,19H,5-8,10,12,14-15,17H2,1-4H3,(H,28,34)(H,29,33)(H,30,37). The molecule has 214 valence electrons. The number of alkyl carbamates (subject to hydrolysis) is 1. The number of hydrogen-bond donors (Lipinski definition) is 3. The number of fused-ring (bicyclic) bond motifs is 1. The van der Waals surface area contributed by atoms with Crippen LogP contribution in [0.3, 0.4) is 0 Å². The molecular weight excluding hydrogens is 508 g/mol. The third kappa shape index (κ3) is 9.38. The van der Waals surface area contributed by atoms with Crippen molar-refractivity contribution in [3.63, 3.8) is 0 Å². The number of rotatable bonds is 15. The van der Waals surface area contributed by atoms with Gasteiger partial charge in [0.05, 0.1) is 11.1 Å². The van der Waals surface area contributed by atoms with Crippen LogP contribution in [0.1, 0.15) is 80.0 Å². The Balaban J connectivity index is 1.80. The van der Waals surface area contributed by atoms with Crippen molar-refractivity contribution in [2.45, 2.75) is 70.9 Å². The molecule has 5 amide bonds. The van der Waals surface area contributed by atoms with Gasteiger partial charge in [-0.25, -0.2) is 4.79 Å². The Labute approximate surface area is 228 Å². The average molecular weight is 547 g/mol. The van der Waals surface area contributed by atoms with Crippen molar-refractivity contribution < 1.29 is 38.2 Å². The Morgan fingerprint density at radius 3 is 2.28 bits per heavy atom. The molecule has 1 heterocycles. The Bertz CT molecular complexity index is 1070. The molecule has 0 fully saturated rings. The summed E-state index contributed by atoms with van der Waals surface area (Å²) in [7, 11) is 1.38. The molecule has 3 N–H and O–H groups in total. The molecule has 1 aliphatic heterocycles. The van der Waals surface area contributed by atoms with Gasteiger partial charge in [0.25, 0.3) is 17.7 Å². The van der Waals surface area contributed by atoms with E-state index in [1.54, 1.807) is 20.8 Å². The molecule has 0 bridgehead atoms. The first-order valence-electron chi connectivity index (χ1n) is 13.0. The summed E-state index contributed by atoms with van der Waals surface area (Å²) in [6, 6.07) is 3.31. The lowest BCUT2D eigenvalue weighted by molar-refractivity contribution is -0.125. The number of imide groups is 1. The van der Waals surface area contributed by atoms with E-state index in [0.717, 1.165) is 30.6 Å². The largest absolute Gasteiger partial charge is 0.483 e. The smallest absolute Gasteiger partial charge is 0.407 e. The van der Waals surface area contributed by atoms with Gasteiger partial charge in [-0.2, -0.15) is 0 Å². The molecule has 1 aromatic carbocycles. The molecule has 1 unspecified atom stereocenters. The Morgan fingerprint density at radius 2 is 1.67 bits per heavy atom. The molecule has 1 aromatic rings. The van der Waals surface area contributed by atoms with Crippen LogP contribution in [-0.2, 0) is 19.1 Å². The van der Waals surface area contributed by atoms with Crippen molar-refractivity contribution >= 4 is 36.0 Å². The highest BCUT2D eigenvalue weighted by Gasteiger charge is 2.44. The second-order valence-electron chi connectivity index (χ2n) is 10.0. The number of nitrogens with one attached hydrogen (secondary N) is 3. The number of benzene rings is 1. The van der Waals surface area contributed by atoms with Gasteiger partial charge in [-0.3, -0.25) is 24.1 Å². The first kappa shape index (κ1) is 31.3. The average Bonchev–Trinajstić information content (AvgIpc) is 3.13. The molecule has 1 aliphatic rings.